The number of anilines is 1. The minimum Gasteiger partial charge on any atom is -0.406 e. The quantitative estimate of drug-likeness (QED) is 0.573. The Morgan fingerprint density at radius 2 is 1.54 bits per heavy atom. The van der Waals surface area contributed by atoms with Gasteiger partial charge in [0.2, 0.25) is 12.4 Å². The number of hydrogen-bond donors (Lipinski definition) is 1. The van der Waals surface area contributed by atoms with Crippen LogP contribution in [0.3, 0.4) is 0 Å². The third kappa shape index (κ3) is 8.93. The highest BCUT2D eigenvalue weighted by molar-refractivity contribution is 7.84. The van der Waals surface area contributed by atoms with Gasteiger partial charge in [-0.05, 0) is 37.5 Å². The van der Waals surface area contributed by atoms with Crippen LogP contribution < -0.4 is 15.4 Å². The van der Waals surface area contributed by atoms with Gasteiger partial charge < -0.3 is 20.1 Å². The highest BCUT2D eigenvalue weighted by Crippen LogP contribution is 2.30. The number of primary amides is 1. The smallest absolute Gasteiger partial charge is 0.406 e. The Hall–Kier alpha value is -2.77. The van der Waals surface area contributed by atoms with Crippen LogP contribution in [-0.2, 0) is 20.5 Å². The monoisotopic (exact) mass is 545 g/mol. The summed E-state index contributed by atoms with van der Waals surface area (Å²) >= 11 is 0. The molecule has 2 N–H and O–H groups in total. The molecule has 3 heterocycles. The molecule has 9 nitrogen and oxygen atoms in total. The first kappa shape index (κ1) is 30.5. The van der Waals surface area contributed by atoms with Crippen molar-refractivity contribution in [1.82, 2.24) is 14.3 Å². The van der Waals surface area contributed by atoms with E-state index in [1.54, 1.807) is 12.4 Å². The molecule has 2 aliphatic heterocycles. The summed E-state index contributed by atoms with van der Waals surface area (Å²) in [5, 5.41) is 0. The molecular weight excluding hydrogens is 511 g/mol. The summed E-state index contributed by atoms with van der Waals surface area (Å²) in [4.78, 5) is 19.5. The number of piperazine rings is 1. The summed E-state index contributed by atoms with van der Waals surface area (Å²) in [6.45, 7) is 10.0. The van der Waals surface area contributed by atoms with Gasteiger partial charge in [-0.25, -0.2) is 18.5 Å². The van der Waals surface area contributed by atoms with E-state index in [-0.39, 0.29) is 16.9 Å². The lowest BCUT2D eigenvalue weighted by Crippen LogP contribution is -2.53. The van der Waals surface area contributed by atoms with Crippen molar-refractivity contribution in [3.05, 3.63) is 36.7 Å². The van der Waals surface area contributed by atoms with Crippen molar-refractivity contribution in [2.24, 2.45) is 5.73 Å². The van der Waals surface area contributed by atoms with Crippen molar-refractivity contribution in [2.75, 3.05) is 44.3 Å². The summed E-state index contributed by atoms with van der Waals surface area (Å²) in [6.07, 6.45) is 0.429. The molecular formula is C24H34F3N5O4S. The van der Waals surface area contributed by atoms with E-state index in [2.05, 4.69) is 27.4 Å². The molecule has 2 aromatic rings. The summed E-state index contributed by atoms with van der Waals surface area (Å²) in [6, 6.07) is 5.58. The largest absolute Gasteiger partial charge is 0.573 e. The van der Waals surface area contributed by atoms with E-state index >= 15 is 0 Å². The van der Waals surface area contributed by atoms with Crippen molar-refractivity contribution in [1.29, 1.82) is 0 Å². The van der Waals surface area contributed by atoms with Gasteiger partial charge in [0, 0.05) is 57.3 Å². The molecule has 2 aliphatic rings. The summed E-state index contributed by atoms with van der Waals surface area (Å²) in [5.41, 5.74) is 5.55. The number of amides is 1. The van der Waals surface area contributed by atoms with Crippen LogP contribution in [0, 0.1) is 0 Å². The van der Waals surface area contributed by atoms with Crippen molar-refractivity contribution >= 4 is 23.3 Å². The number of benzene rings is 1. The van der Waals surface area contributed by atoms with E-state index in [1.165, 1.54) is 24.3 Å². The van der Waals surface area contributed by atoms with E-state index < -0.39 is 17.3 Å². The summed E-state index contributed by atoms with van der Waals surface area (Å²) in [7, 11) is -1.06. The Kier molecular flexibility index (Phi) is 11.7. The Morgan fingerprint density at radius 3 is 2.03 bits per heavy atom. The lowest BCUT2D eigenvalue weighted by molar-refractivity contribution is -0.274. The summed E-state index contributed by atoms with van der Waals surface area (Å²) in [5.74, 6) is 0.303. The maximum atomic E-state index is 13.1. The SMILES string of the molecule is CC.CC1(S(=O)N2CCN(c3ncc(-c4ccc(OC(F)(F)F)cc4)cn3)CC2)CCOCC1.NC=O. The van der Waals surface area contributed by atoms with Crippen LogP contribution in [0.4, 0.5) is 19.1 Å². The third-order valence-electron chi connectivity index (χ3n) is 5.79. The normalized spacial score (nSPS) is 18.4. The fourth-order valence-corrected chi connectivity index (χ4v) is 5.46. The van der Waals surface area contributed by atoms with Gasteiger partial charge in [-0.15, -0.1) is 13.2 Å². The Balaban J connectivity index is 0.000000898. The lowest BCUT2D eigenvalue weighted by Gasteiger charge is -2.40. The van der Waals surface area contributed by atoms with Gasteiger partial charge in [0.1, 0.15) is 16.7 Å². The number of nitrogens with zero attached hydrogens (tertiary/aromatic N) is 4. The van der Waals surface area contributed by atoms with Gasteiger partial charge in [-0.2, -0.15) is 0 Å². The minimum absolute atomic E-state index is 0.237. The first-order valence-corrected chi connectivity index (χ1v) is 13.1. The average Bonchev–Trinajstić information content (AvgIpc) is 2.90. The zero-order valence-electron chi connectivity index (χ0n) is 21.2. The molecule has 206 valence electrons. The van der Waals surface area contributed by atoms with Crippen LogP contribution in [0.5, 0.6) is 5.75 Å². The number of aromatic nitrogens is 2. The topological polar surface area (TPSA) is 111 Å². The van der Waals surface area contributed by atoms with E-state index in [4.69, 9.17) is 9.53 Å². The number of halogens is 3. The second kappa shape index (κ2) is 14.2. The van der Waals surface area contributed by atoms with Crippen LogP contribution in [0.2, 0.25) is 0 Å². The Labute approximate surface area is 217 Å². The first-order chi connectivity index (χ1) is 17.6. The number of carbonyl (C=O) groups excluding carboxylic acids is 1. The van der Waals surface area contributed by atoms with Crippen molar-refractivity contribution < 1.29 is 31.6 Å². The molecule has 0 saturated carbocycles. The summed E-state index contributed by atoms with van der Waals surface area (Å²) < 4.78 is 61.1. The third-order valence-corrected chi connectivity index (χ3v) is 7.87. The molecule has 0 spiro atoms. The van der Waals surface area contributed by atoms with E-state index in [0.29, 0.717) is 56.5 Å². The predicted octanol–water partition coefficient (Wildman–Crippen LogP) is 3.52. The number of ether oxygens (including phenoxy) is 2. The average molecular weight is 546 g/mol. The fraction of sp³-hybridized carbons (Fsp3) is 0.542. The molecule has 1 aromatic carbocycles. The Morgan fingerprint density at radius 1 is 1.03 bits per heavy atom. The zero-order chi connectivity index (χ0) is 27.5. The maximum Gasteiger partial charge on any atom is 0.573 e. The standard InChI is InChI=1S/C21H25F3N4O3S.C2H6.CH3NO/c1-20(6-12-30-13-7-20)32(29)28-10-8-27(9-11-28)19-25-14-17(15-26-19)16-2-4-18(5-3-16)31-21(22,23)24;1-2;2-1-3/h2-5,14-15H,6-13H2,1H3;1-2H3;1H,(H2,2,3). The number of hydrogen-bond acceptors (Lipinski definition) is 7. The molecule has 0 aliphatic carbocycles. The Bertz CT molecular complexity index is 979. The molecule has 1 amide bonds. The van der Waals surface area contributed by atoms with Crippen LogP contribution in [0.15, 0.2) is 36.7 Å². The molecule has 37 heavy (non-hydrogen) atoms. The number of alkyl halides is 3. The number of nitrogens with two attached hydrogens (primary N) is 1. The molecule has 1 unspecified atom stereocenters. The molecule has 0 radical (unpaired) electrons. The second-order valence-corrected chi connectivity index (χ2v) is 10.2. The molecule has 2 saturated heterocycles. The van der Waals surface area contributed by atoms with Crippen molar-refractivity contribution in [2.45, 2.75) is 44.7 Å². The molecule has 4 rings (SSSR count). The van der Waals surface area contributed by atoms with E-state index in [1.807, 2.05) is 23.1 Å². The number of carbonyl (C=O) groups is 1. The van der Waals surface area contributed by atoms with Crippen LogP contribution in [0.25, 0.3) is 11.1 Å². The highest BCUT2D eigenvalue weighted by atomic mass is 32.2. The highest BCUT2D eigenvalue weighted by Gasteiger charge is 2.38. The van der Waals surface area contributed by atoms with Gasteiger partial charge >= 0.3 is 6.36 Å². The van der Waals surface area contributed by atoms with Crippen LogP contribution >= 0.6 is 0 Å². The van der Waals surface area contributed by atoms with E-state index in [0.717, 1.165) is 12.8 Å². The van der Waals surface area contributed by atoms with E-state index in [9.17, 15) is 17.4 Å². The van der Waals surface area contributed by atoms with Gasteiger partial charge in [0.05, 0.1) is 4.75 Å². The molecule has 1 aromatic heterocycles. The molecule has 2 fully saturated rings. The van der Waals surface area contributed by atoms with Crippen molar-refractivity contribution in [3.8, 4) is 16.9 Å². The minimum atomic E-state index is -4.72. The van der Waals surface area contributed by atoms with Crippen LogP contribution in [-0.4, -0.2) is 75.4 Å². The van der Waals surface area contributed by atoms with Crippen LogP contribution in [0.1, 0.15) is 33.6 Å². The van der Waals surface area contributed by atoms with Gasteiger partial charge in [-0.3, -0.25) is 4.79 Å². The maximum absolute atomic E-state index is 13.1. The lowest BCUT2D eigenvalue weighted by atomic mass is 10.0. The fourth-order valence-electron chi connectivity index (χ4n) is 3.83. The second-order valence-electron chi connectivity index (χ2n) is 8.21. The van der Waals surface area contributed by atoms with Gasteiger partial charge in [0.15, 0.2) is 0 Å². The first-order valence-electron chi connectivity index (χ1n) is 12.0. The molecule has 1 atom stereocenters. The molecule has 0 bridgehead atoms. The zero-order valence-corrected chi connectivity index (χ0v) is 22.1. The predicted molar refractivity (Wildman–Crippen MR) is 136 cm³/mol. The van der Waals surface area contributed by atoms with Gasteiger partial charge in [-0.1, -0.05) is 26.0 Å². The number of rotatable bonds is 5. The molecule has 13 heteroatoms. The van der Waals surface area contributed by atoms with Gasteiger partial charge in [0.25, 0.3) is 0 Å². The van der Waals surface area contributed by atoms with Crippen molar-refractivity contribution in [3.63, 3.8) is 0 Å².